The van der Waals surface area contributed by atoms with E-state index in [-0.39, 0.29) is 6.04 Å². The molecule has 0 fully saturated rings. The number of aryl methyl sites for hydroxylation is 2. The van der Waals surface area contributed by atoms with Gasteiger partial charge in [0.1, 0.15) is 0 Å². The third kappa shape index (κ3) is 2.23. The summed E-state index contributed by atoms with van der Waals surface area (Å²) in [4.78, 5) is 0. The summed E-state index contributed by atoms with van der Waals surface area (Å²) in [6.07, 6.45) is 0. The predicted molar refractivity (Wildman–Crippen MR) is 68.9 cm³/mol. The van der Waals surface area contributed by atoms with Gasteiger partial charge in [0.2, 0.25) is 0 Å². The molecule has 2 aromatic rings. The highest BCUT2D eigenvalue weighted by atomic mass is 79.9. The largest absolute Gasteiger partial charge is 0.321 e. The molecule has 0 saturated carbocycles. The quantitative estimate of drug-likeness (QED) is 0.921. The monoisotopic (exact) mass is 295 g/mol. The van der Waals surface area contributed by atoms with Crippen molar-refractivity contribution in [1.29, 1.82) is 0 Å². The first kappa shape index (κ1) is 12.2. The van der Waals surface area contributed by atoms with E-state index in [0.717, 1.165) is 21.3 Å². The third-order valence-corrected chi connectivity index (χ3v) is 3.82. The Kier molecular flexibility index (Phi) is 3.26. The van der Waals surface area contributed by atoms with Gasteiger partial charge in [-0.1, -0.05) is 15.9 Å². The van der Waals surface area contributed by atoms with Crippen LogP contribution in [0.3, 0.4) is 0 Å². The van der Waals surface area contributed by atoms with Crippen molar-refractivity contribution in [2.45, 2.75) is 26.8 Å². The molecular formula is C11H14BrN5. The van der Waals surface area contributed by atoms with Crippen molar-refractivity contribution in [3.05, 3.63) is 33.6 Å². The lowest BCUT2D eigenvalue weighted by Gasteiger charge is -2.10. The van der Waals surface area contributed by atoms with Gasteiger partial charge in [-0.15, -0.1) is 5.10 Å². The summed E-state index contributed by atoms with van der Waals surface area (Å²) in [5.74, 6) is 0.658. The van der Waals surface area contributed by atoms with Crippen molar-refractivity contribution in [1.82, 2.24) is 20.2 Å². The molecule has 6 heteroatoms. The van der Waals surface area contributed by atoms with Crippen LogP contribution in [0.5, 0.6) is 0 Å². The van der Waals surface area contributed by atoms with Gasteiger partial charge in [0.25, 0.3) is 0 Å². The van der Waals surface area contributed by atoms with Crippen LogP contribution in [-0.4, -0.2) is 20.2 Å². The molecule has 0 aliphatic rings. The highest BCUT2D eigenvalue weighted by Crippen LogP contribution is 2.24. The Hall–Kier alpha value is -1.27. The maximum Gasteiger partial charge on any atom is 0.173 e. The fourth-order valence-corrected chi connectivity index (χ4v) is 1.94. The summed E-state index contributed by atoms with van der Waals surface area (Å²) >= 11 is 3.54. The summed E-state index contributed by atoms with van der Waals surface area (Å²) in [7, 11) is 0. The highest BCUT2D eigenvalue weighted by Gasteiger charge is 2.13. The number of nitrogens with zero attached hydrogens (tertiary/aromatic N) is 4. The lowest BCUT2D eigenvalue weighted by atomic mass is 10.1. The van der Waals surface area contributed by atoms with Crippen LogP contribution in [-0.2, 0) is 0 Å². The summed E-state index contributed by atoms with van der Waals surface area (Å²) in [6.45, 7) is 5.94. The number of hydrogen-bond acceptors (Lipinski definition) is 4. The second kappa shape index (κ2) is 4.54. The average molecular weight is 296 g/mol. The maximum atomic E-state index is 5.83. The predicted octanol–water partition coefficient (Wildman–Crippen LogP) is 2.06. The standard InChI is InChI=1S/C11H14BrN5/c1-6-4-9(5-7(2)10(6)12)17-11(8(3)13)14-15-16-17/h4-5,8H,13H2,1-3H3. The maximum absolute atomic E-state index is 5.83. The molecule has 0 aliphatic heterocycles. The molecule has 90 valence electrons. The topological polar surface area (TPSA) is 69.6 Å². The number of benzene rings is 1. The lowest BCUT2D eigenvalue weighted by molar-refractivity contribution is 0.688. The summed E-state index contributed by atoms with van der Waals surface area (Å²) in [5.41, 5.74) is 9.05. The SMILES string of the molecule is Cc1cc(-n2nnnc2C(C)N)cc(C)c1Br. The van der Waals surface area contributed by atoms with Crippen molar-refractivity contribution in [3.63, 3.8) is 0 Å². The van der Waals surface area contributed by atoms with E-state index in [1.165, 1.54) is 0 Å². The number of aromatic nitrogens is 4. The summed E-state index contributed by atoms with van der Waals surface area (Å²) < 4.78 is 2.79. The van der Waals surface area contributed by atoms with Gasteiger partial charge in [0, 0.05) is 4.47 Å². The van der Waals surface area contributed by atoms with Crippen LogP contribution in [0.2, 0.25) is 0 Å². The van der Waals surface area contributed by atoms with Crippen LogP contribution < -0.4 is 5.73 Å². The molecule has 1 heterocycles. The van der Waals surface area contributed by atoms with E-state index in [1.807, 2.05) is 32.9 Å². The van der Waals surface area contributed by atoms with Gasteiger partial charge < -0.3 is 5.73 Å². The first-order chi connectivity index (χ1) is 8.00. The third-order valence-electron chi connectivity index (χ3n) is 2.57. The molecule has 0 saturated heterocycles. The van der Waals surface area contributed by atoms with Gasteiger partial charge in [0.15, 0.2) is 5.82 Å². The Bertz CT molecular complexity index is 524. The van der Waals surface area contributed by atoms with E-state index in [2.05, 4.69) is 31.5 Å². The van der Waals surface area contributed by atoms with Gasteiger partial charge in [-0.2, -0.15) is 4.68 Å². The molecule has 1 unspecified atom stereocenters. The molecule has 0 amide bonds. The first-order valence-electron chi connectivity index (χ1n) is 5.31. The number of hydrogen-bond donors (Lipinski definition) is 1. The van der Waals surface area contributed by atoms with Crippen LogP contribution in [0.25, 0.3) is 5.69 Å². The molecule has 2 N–H and O–H groups in total. The van der Waals surface area contributed by atoms with Crippen LogP contribution in [0.15, 0.2) is 16.6 Å². The Morgan fingerprint density at radius 3 is 2.41 bits per heavy atom. The lowest BCUT2D eigenvalue weighted by Crippen LogP contribution is -2.13. The van der Waals surface area contributed by atoms with E-state index < -0.39 is 0 Å². The number of nitrogens with two attached hydrogens (primary N) is 1. The fraction of sp³-hybridized carbons (Fsp3) is 0.364. The summed E-state index contributed by atoms with van der Waals surface area (Å²) in [6, 6.07) is 3.85. The fourth-order valence-electron chi connectivity index (χ4n) is 1.71. The van der Waals surface area contributed by atoms with Crippen LogP contribution >= 0.6 is 15.9 Å². The Morgan fingerprint density at radius 1 is 1.29 bits per heavy atom. The highest BCUT2D eigenvalue weighted by molar-refractivity contribution is 9.10. The van der Waals surface area contributed by atoms with Gasteiger partial charge in [-0.05, 0) is 54.5 Å². The van der Waals surface area contributed by atoms with E-state index in [9.17, 15) is 0 Å². The minimum absolute atomic E-state index is 0.200. The average Bonchev–Trinajstić information content (AvgIpc) is 2.74. The van der Waals surface area contributed by atoms with E-state index in [0.29, 0.717) is 5.82 Å². The van der Waals surface area contributed by atoms with E-state index in [4.69, 9.17) is 5.73 Å². The number of rotatable bonds is 2. The minimum atomic E-state index is -0.200. The van der Waals surface area contributed by atoms with E-state index in [1.54, 1.807) is 4.68 Å². The van der Waals surface area contributed by atoms with Crippen molar-refractivity contribution in [2.24, 2.45) is 5.73 Å². The van der Waals surface area contributed by atoms with Crippen LogP contribution in [0.1, 0.15) is 29.9 Å². The second-order valence-electron chi connectivity index (χ2n) is 4.13. The molecule has 17 heavy (non-hydrogen) atoms. The normalized spacial score (nSPS) is 12.8. The van der Waals surface area contributed by atoms with Crippen LogP contribution in [0, 0.1) is 13.8 Å². The zero-order valence-corrected chi connectivity index (χ0v) is 11.6. The Labute approximate surface area is 108 Å². The molecule has 1 atom stereocenters. The molecule has 1 aromatic heterocycles. The van der Waals surface area contributed by atoms with Crippen molar-refractivity contribution >= 4 is 15.9 Å². The molecular weight excluding hydrogens is 282 g/mol. The molecule has 0 spiro atoms. The van der Waals surface area contributed by atoms with Crippen molar-refractivity contribution in [2.75, 3.05) is 0 Å². The molecule has 2 rings (SSSR count). The minimum Gasteiger partial charge on any atom is -0.321 e. The number of halogens is 1. The molecule has 1 aromatic carbocycles. The van der Waals surface area contributed by atoms with Crippen LogP contribution in [0.4, 0.5) is 0 Å². The Balaban J connectivity index is 2.57. The van der Waals surface area contributed by atoms with E-state index >= 15 is 0 Å². The second-order valence-corrected chi connectivity index (χ2v) is 4.92. The van der Waals surface area contributed by atoms with Crippen molar-refractivity contribution in [3.8, 4) is 5.69 Å². The molecule has 0 aliphatic carbocycles. The van der Waals surface area contributed by atoms with Gasteiger partial charge in [-0.3, -0.25) is 0 Å². The molecule has 0 radical (unpaired) electrons. The summed E-state index contributed by atoms with van der Waals surface area (Å²) in [5, 5.41) is 11.6. The van der Waals surface area contributed by atoms with Gasteiger partial charge in [-0.25, -0.2) is 0 Å². The number of tetrazole rings is 1. The smallest absolute Gasteiger partial charge is 0.173 e. The molecule has 0 bridgehead atoms. The zero-order valence-electron chi connectivity index (χ0n) is 9.98. The molecule has 5 nitrogen and oxygen atoms in total. The first-order valence-corrected chi connectivity index (χ1v) is 6.11. The zero-order chi connectivity index (χ0) is 12.6. The van der Waals surface area contributed by atoms with Gasteiger partial charge in [0.05, 0.1) is 11.7 Å². The Morgan fingerprint density at radius 2 is 1.88 bits per heavy atom. The van der Waals surface area contributed by atoms with Gasteiger partial charge >= 0.3 is 0 Å². The van der Waals surface area contributed by atoms with Crippen molar-refractivity contribution < 1.29 is 0 Å².